The second kappa shape index (κ2) is 7.06. The molecule has 1 rings (SSSR count). The van der Waals surface area contributed by atoms with Crippen LogP contribution in [0.2, 0.25) is 0 Å². The van der Waals surface area contributed by atoms with Crippen molar-refractivity contribution in [2.75, 3.05) is 5.73 Å². The van der Waals surface area contributed by atoms with E-state index in [0.717, 1.165) is 30.5 Å². The van der Waals surface area contributed by atoms with Gasteiger partial charge in [-0.1, -0.05) is 38.0 Å². The lowest BCUT2D eigenvalue weighted by molar-refractivity contribution is 0.549. The second-order valence-electron chi connectivity index (χ2n) is 5.82. The van der Waals surface area contributed by atoms with Crippen molar-refractivity contribution in [2.24, 2.45) is 0 Å². The van der Waals surface area contributed by atoms with E-state index in [1.54, 1.807) is 0 Å². The predicted octanol–water partition coefficient (Wildman–Crippen LogP) is 3.55. The molecule has 0 aliphatic rings. The minimum absolute atomic E-state index is 0.0567. The van der Waals surface area contributed by atoms with Gasteiger partial charge in [0.25, 0.3) is 0 Å². The molecule has 0 aromatic heterocycles. The van der Waals surface area contributed by atoms with Crippen LogP contribution in [0.15, 0.2) is 24.3 Å². The van der Waals surface area contributed by atoms with Gasteiger partial charge in [0.15, 0.2) is 0 Å². The van der Waals surface area contributed by atoms with Crippen molar-refractivity contribution >= 4 is 16.7 Å². The molecular formula is C15H26N2OS. The first kappa shape index (κ1) is 16.2. The van der Waals surface area contributed by atoms with E-state index in [1.165, 1.54) is 0 Å². The van der Waals surface area contributed by atoms with Crippen molar-refractivity contribution in [2.45, 2.75) is 57.7 Å². The number of rotatable bonds is 6. The Morgan fingerprint density at radius 1 is 1.32 bits per heavy atom. The van der Waals surface area contributed by atoms with Gasteiger partial charge >= 0.3 is 0 Å². The van der Waals surface area contributed by atoms with Crippen molar-refractivity contribution in [1.29, 1.82) is 0 Å². The van der Waals surface area contributed by atoms with Gasteiger partial charge in [0, 0.05) is 11.7 Å². The first-order valence-electron chi connectivity index (χ1n) is 6.88. The molecule has 0 aliphatic carbocycles. The largest absolute Gasteiger partial charge is 0.398 e. The van der Waals surface area contributed by atoms with Crippen LogP contribution in [0.4, 0.5) is 5.69 Å². The van der Waals surface area contributed by atoms with Crippen LogP contribution < -0.4 is 10.5 Å². The zero-order valence-corrected chi connectivity index (χ0v) is 13.2. The molecule has 0 amide bonds. The number of benzene rings is 1. The number of hydrogen-bond donors (Lipinski definition) is 2. The quantitative estimate of drug-likeness (QED) is 0.784. The molecule has 0 fully saturated rings. The Bertz CT molecular complexity index is 426. The Labute approximate surface area is 119 Å². The minimum atomic E-state index is -1.09. The fourth-order valence-electron chi connectivity index (χ4n) is 1.82. The van der Waals surface area contributed by atoms with E-state index in [9.17, 15) is 4.21 Å². The second-order valence-corrected chi connectivity index (χ2v) is 7.82. The molecule has 0 heterocycles. The molecule has 3 N–H and O–H groups in total. The third-order valence-corrected chi connectivity index (χ3v) is 4.63. The SMILES string of the molecule is CCCC[C@@H](N[S@](=O)C(C)(C)C)c1ccccc1N. The van der Waals surface area contributed by atoms with E-state index in [-0.39, 0.29) is 10.8 Å². The van der Waals surface area contributed by atoms with Crippen LogP contribution in [0.1, 0.15) is 58.6 Å². The Morgan fingerprint density at radius 3 is 2.47 bits per heavy atom. The minimum Gasteiger partial charge on any atom is -0.398 e. The monoisotopic (exact) mass is 282 g/mol. The summed E-state index contributed by atoms with van der Waals surface area (Å²) in [6.45, 7) is 8.08. The smallest absolute Gasteiger partial charge is 0.0975 e. The molecule has 3 nitrogen and oxygen atoms in total. The maximum absolute atomic E-state index is 12.3. The highest BCUT2D eigenvalue weighted by molar-refractivity contribution is 7.84. The third kappa shape index (κ3) is 4.96. The summed E-state index contributed by atoms with van der Waals surface area (Å²) in [6, 6.07) is 7.88. The molecule has 4 heteroatoms. The Morgan fingerprint density at radius 2 is 1.95 bits per heavy atom. The molecular weight excluding hydrogens is 256 g/mol. The van der Waals surface area contributed by atoms with Gasteiger partial charge in [-0.15, -0.1) is 0 Å². The lowest BCUT2D eigenvalue weighted by Crippen LogP contribution is -2.36. The van der Waals surface area contributed by atoms with Gasteiger partial charge < -0.3 is 5.73 Å². The number of anilines is 1. The van der Waals surface area contributed by atoms with E-state index >= 15 is 0 Å². The topological polar surface area (TPSA) is 55.1 Å². The number of nitrogens with two attached hydrogens (primary N) is 1. The standard InChI is InChI=1S/C15H26N2OS/c1-5-6-11-14(17-19(18)15(2,3)4)12-9-7-8-10-13(12)16/h7-10,14,17H,5-6,11,16H2,1-4H3/t14-,19-/m1/s1. The molecule has 0 saturated heterocycles. The highest BCUT2D eigenvalue weighted by atomic mass is 32.2. The van der Waals surface area contributed by atoms with Crippen LogP contribution in [0.3, 0.4) is 0 Å². The average molecular weight is 282 g/mol. The number of nitrogens with one attached hydrogen (secondary N) is 1. The first-order valence-corrected chi connectivity index (χ1v) is 8.03. The maximum atomic E-state index is 12.3. The molecule has 0 radical (unpaired) electrons. The Balaban J connectivity index is 2.90. The first-order chi connectivity index (χ1) is 8.86. The van der Waals surface area contributed by atoms with Crippen molar-refractivity contribution in [1.82, 2.24) is 4.72 Å². The van der Waals surface area contributed by atoms with Crippen molar-refractivity contribution < 1.29 is 4.21 Å². The molecule has 0 bridgehead atoms. The summed E-state index contributed by atoms with van der Waals surface area (Å²) in [5.41, 5.74) is 7.85. The molecule has 1 aromatic rings. The number of nitrogen functional groups attached to an aromatic ring is 1. The van der Waals surface area contributed by atoms with Gasteiger partial charge in [-0.05, 0) is 38.8 Å². The normalized spacial score (nSPS) is 15.2. The molecule has 0 aliphatic heterocycles. The van der Waals surface area contributed by atoms with E-state index < -0.39 is 11.0 Å². The third-order valence-electron chi connectivity index (χ3n) is 3.02. The summed E-state index contributed by atoms with van der Waals surface area (Å²) in [5, 5.41) is 0. The van der Waals surface area contributed by atoms with Gasteiger partial charge in [-0.25, -0.2) is 8.93 Å². The van der Waals surface area contributed by atoms with Crippen LogP contribution in [0.5, 0.6) is 0 Å². The average Bonchev–Trinajstić information content (AvgIpc) is 2.34. The fraction of sp³-hybridized carbons (Fsp3) is 0.600. The lowest BCUT2D eigenvalue weighted by atomic mass is 10.0. The summed E-state index contributed by atoms with van der Waals surface area (Å²) in [7, 11) is -1.09. The van der Waals surface area contributed by atoms with Gasteiger partial charge in [0.2, 0.25) is 0 Å². The van der Waals surface area contributed by atoms with Crippen LogP contribution >= 0.6 is 0 Å². The zero-order chi connectivity index (χ0) is 14.5. The molecule has 0 spiro atoms. The van der Waals surface area contributed by atoms with E-state index in [1.807, 2.05) is 45.0 Å². The number of hydrogen-bond acceptors (Lipinski definition) is 2. The number of unbranched alkanes of at least 4 members (excludes halogenated alkanes) is 1. The van der Waals surface area contributed by atoms with Crippen molar-refractivity contribution in [3.05, 3.63) is 29.8 Å². The Kier molecular flexibility index (Phi) is 6.01. The lowest BCUT2D eigenvalue weighted by Gasteiger charge is -2.25. The summed E-state index contributed by atoms with van der Waals surface area (Å²) < 4.78 is 15.3. The van der Waals surface area contributed by atoms with Crippen LogP contribution in [-0.2, 0) is 11.0 Å². The molecule has 108 valence electrons. The van der Waals surface area contributed by atoms with Crippen LogP contribution in [0.25, 0.3) is 0 Å². The summed E-state index contributed by atoms with van der Waals surface area (Å²) in [4.78, 5) is 0. The van der Waals surface area contributed by atoms with E-state index in [0.29, 0.717) is 0 Å². The maximum Gasteiger partial charge on any atom is 0.0975 e. The number of para-hydroxylation sites is 1. The molecule has 0 unspecified atom stereocenters. The summed E-state index contributed by atoms with van der Waals surface area (Å²) in [5.74, 6) is 0. The molecule has 0 saturated carbocycles. The zero-order valence-electron chi connectivity index (χ0n) is 12.4. The fourth-order valence-corrected chi connectivity index (χ4v) is 2.68. The van der Waals surface area contributed by atoms with Gasteiger partial charge in [-0.2, -0.15) is 0 Å². The molecule has 2 atom stereocenters. The molecule has 1 aromatic carbocycles. The van der Waals surface area contributed by atoms with Crippen molar-refractivity contribution in [3.8, 4) is 0 Å². The van der Waals surface area contributed by atoms with Gasteiger partial charge in [0.05, 0.1) is 15.7 Å². The van der Waals surface area contributed by atoms with Gasteiger partial charge in [-0.3, -0.25) is 0 Å². The van der Waals surface area contributed by atoms with E-state index in [2.05, 4.69) is 11.6 Å². The predicted molar refractivity (Wildman–Crippen MR) is 84.2 cm³/mol. The van der Waals surface area contributed by atoms with E-state index in [4.69, 9.17) is 5.73 Å². The van der Waals surface area contributed by atoms with Crippen molar-refractivity contribution in [3.63, 3.8) is 0 Å². The van der Waals surface area contributed by atoms with Gasteiger partial charge in [0.1, 0.15) is 0 Å². The van der Waals surface area contributed by atoms with Crippen LogP contribution in [-0.4, -0.2) is 8.96 Å². The Hall–Kier alpha value is -0.870. The highest BCUT2D eigenvalue weighted by Crippen LogP contribution is 2.26. The highest BCUT2D eigenvalue weighted by Gasteiger charge is 2.24. The summed E-state index contributed by atoms with van der Waals surface area (Å²) >= 11 is 0. The molecule has 19 heavy (non-hydrogen) atoms. The summed E-state index contributed by atoms with van der Waals surface area (Å²) in [6.07, 6.45) is 3.16. The van der Waals surface area contributed by atoms with Crippen LogP contribution in [0, 0.1) is 0 Å².